The van der Waals surface area contributed by atoms with Gasteiger partial charge in [0.1, 0.15) is 11.6 Å². The lowest BCUT2D eigenvalue weighted by Crippen LogP contribution is -2.49. The lowest BCUT2D eigenvalue weighted by atomic mass is 9.61. The molecule has 2 bridgehead atoms. The number of primary amides is 1. The summed E-state index contributed by atoms with van der Waals surface area (Å²) in [4.78, 5) is 15.6. The van der Waals surface area contributed by atoms with Gasteiger partial charge < -0.3 is 10.3 Å². The van der Waals surface area contributed by atoms with Gasteiger partial charge in [0.05, 0.1) is 5.41 Å². The second-order valence-electron chi connectivity index (χ2n) is 12.0. The molecule has 0 spiro atoms. The van der Waals surface area contributed by atoms with Crippen LogP contribution in [-0.4, -0.2) is 50.1 Å². The summed E-state index contributed by atoms with van der Waals surface area (Å²) in [5, 5.41) is 8.85. The highest BCUT2D eigenvalue weighted by Gasteiger charge is 2.52. The van der Waals surface area contributed by atoms with E-state index in [-0.39, 0.29) is 31.6 Å². The topological polar surface area (TPSA) is 77.0 Å². The number of carbonyl (C=O) groups is 1. The van der Waals surface area contributed by atoms with Crippen LogP contribution in [-0.2, 0) is 4.79 Å². The molecule has 1 aromatic carbocycles. The third kappa shape index (κ3) is 4.93. The molecule has 202 valence electrons. The highest BCUT2D eigenvalue weighted by Crippen LogP contribution is 2.53. The molecule has 1 amide bonds. The molecule has 2 saturated heterocycles. The standard InChI is InChI=1S/C29H41F2N5O/c1-19(2)26-34-33-20(3)36(26)24-17-22-9-10-23(18-24)35(22)16-11-25(21-7-5-4-6-8-21)28(27(32)37)12-14-29(30,31)15-13-28/h4-8,19,22-25H,9-18H2,1-3H3,(H2,32,37)/t22?,23?,24?,25-/m0/s1. The van der Waals surface area contributed by atoms with Crippen LogP contribution in [0.3, 0.4) is 0 Å². The zero-order valence-electron chi connectivity index (χ0n) is 22.4. The highest BCUT2D eigenvalue weighted by atomic mass is 19.3. The van der Waals surface area contributed by atoms with Crippen molar-refractivity contribution in [2.75, 3.05) is 6.54 Å². The number of aryl methyl sites for hydroxylation is 1. The Morgan fingerprint density at radius 1 is 1.03 bits per heavy atom. The van der Waals surface area contributed by atoms with Crippen molar-refractivity contribution in [3.8, 4) is 0 Å². The smallest absolute Gasteiger partial charge is 0.248 e. The minimum Gasteiger partial charge on any atom is -0.369 e. The van der Waals surface area contributed by atoms with Crippen LogP contribution in [0, 0.1) is 12.3 Å². The number of rotatable bonds is 8. The third-order valence-electron chi connectivity index (χ3n) is 9.54. The number of hydrogen-bond donors (Lipinski definition) is 1. The Balaban J connectivity index is 1.35. The van der Waals surface area contributed by atoms with Crippen LogP contribution in [0.25, 0.3) is 0 Å². The minimum absolute atomic E-state index is 0.148. The number of fused-ring (bicyclic) bond motifs is 2. The van der Waals surface area contributed by atoms with Crippen LogP contribution in [0.5, 0.6) is 0 Å². The summed E-state index contributed by atoms with van der Waals surface area (Å²) in [5.74, 6) is -0.914. The SMILES string of the molecule is Cc1nnc(C(C)C)n1C1CC2CCC(C1)N2CC[C@@H](c1ccccc1)C1(C(N)=O)CCC(F)(F)CC1. The van der Waals surface area contributed by atoms with Crippen LogP contribution in [0.4, 0.5) is 8.78 Å². The van der Waals surface area contributed by atoms with Gasteiger partial charge in [-0.1, -0.05) is 44.2 Å². The quantitative estimate of drug-likeness (QED) is 0.489. The highest BCUT2D eigenvalue weighted by molar-refractivity contribution is 5.82. The zero-order valence-corrected chi connectivity index (χ0v) is 22.4. The lowest BCUT2D eigenvalue weighted by molar-refractivity contribution is -0.138. The number of piperidine rings is 1. The molecule has 8 heteroatoms. The summed E-state index contributed by atoms with van der Waals surface area (Å²) in [6, 6.07) is 11.3. The fourth-order valence-corrected chi connectivity index (χ4v) is 7.61. The van der Waals surface area contributed by atoms with Gasteiger partial charge >= 0.3 is 0 Å². The minimum atomic E-state index is -2.71. The first-order valence-electron chi connectivity index (χ1n) is 14.0. The largest absolute Gasteiger partial charge is 0.369 e. The molecule has 2 N–H and O–H groups in total. The summed E-state index contributed by atoms with van der Waals surface area (Å²) >= 11 is 0. The van der Waals surface area contributed by atoms with Gasteiger partial charge in [0.2, 0.25) is 11.8 Å². The molecule has 5 rings (SSSR count). The van der Waals surface area contributed by atoms with Gasteiger partial charge in [0.25, 0.3) is 0 Å². The average Bonchev–Trinajstić information content (AvgIpc) is 3.36. The van der Waals surface area contributed by atoms with Crippen LogP contribution in [0.2, 0.25) is 0 Å². The first kappa shape index (κ1) is 26.3. The van der Waals surface area contributed by atoms with Gasteiger partial charge in [-0.15, -0.1) is 10.2 Å². The Morgan fingerprint density at radius 2 is 1.65 bits per heavy atom. The number of halogens is 2. The molecule has 2 aromatic rings. The first-order valence-corrected chi connectivity index (χ1v) is 14.0. The number of amides is 1. The number of aromatic nitrogens is 3. The molecule has 3 heterocycles. The van der Waals surface area contributed by atoms with Crippen LogP contribution in [0.1, 0.15) is 107 Å². The van der Waals surface area contributed by atoms with Crippen molar-refractivity contribution in [2.45, 2.75) is 114 Å². The second-order valence-corrected chi connectivity index (χ2v) is 12.0. The molecule has 6 nitrogen and oxygen atoms in total. The van der Waals surface area contributed by atoms with Crippen molar-refractivity contribution in [2.24, 2.45) is 11.1 Å². The number of benzene rings is 1. The maximum absolute atomic E-state index is 14.2. The van der Waals surface area contributed by atoms with Gasteiger partial charge in [-0.3, -0.25) is 9.69 Å². The monoisotopic (exact) mass is 513 g/mol. The fraction of sp³-hybridized carbons (Fsp3) is 0.690. The van der Waals surface area contributed by atoms with Gasteiger partial charge in [-0.25, -0.2) is 8.78 Å². The number of nitrogens with zero attached hydrogens (tertiary/aromatic N) is 4. The number of hydrogen-bond acceptors (Lipinski definition) is 4. The Morgan fingerprint density at radius 3 is 2.22 bits per heavy atom. The molecule has 2 unspecified atom stereocenters. The predicted molar refractivity (Wildman–Crippen MR) is 139 cm³/mol. The van der Waals surface area contributed by atoms with Crippen LogP contribution >= 0.6 is 0 Å². The Bertz CT molecular complexity index is 1080. The molecule has 1 aliphatic carbocycles. The molecule has 3 aliphatic rings. The Labute approximate surface area is 219 Å². The van der Waals surface area contributed by atoms with E-state index in [0.29, 0.717) is 24.0 Å². The molecular weight excluding hydrogens is 472 g/mol. The number of alkyl halides is 2. The molecular formula is C29H41F2N5O. The van der Waals surface area contributed by atoms with Crippen molar-refractivity contribution in [3.63, 3.8) is 0 Å². The number of carbonyl (C=O) groups excluding carboxylic acids is 1. The lowest BCUT2D eigenvalue weighted by Gasteiger charge is -2.45. The maximum atomic E-state index is 14.2. The van der Waals surface area contributed by atoms with Gasteiger partial charge in [-0.2, -0.15) is 0 Å². The average molecular weight is 514 g/mol. The summed E-state index contributed by atoms with van der Waals surface area (Å²) in [6.07, 6.45) is 4.98. The van der Waals surface area contributed by atoms with Crippen molar-refractivity contribution in [3.05, 3.63) is 47.5 Å². The van der Waals surface area contributed by atoms with E-state index in [9.17, 15) is 13.6 Å². The van der Waals surface area contributed by atoms with Crippen molar-refractivity contribution < 1.29 is 13.6 Å². The molecule has 37 heavy (non-hydrogen) atoms. The predicted octanol–water partition coefficient (Wildman–Crippen LogP) is 5.73. The van der Waals surface area contributed by atoms with Gasteiger partial charge in [0.15, 0.2) is 0 Å². The van der Waals surface area contributed by atoms with E-state index >= 15 is 0 Å². The van der Waals surface area contributed by atoms with E-state index in [1.807, 2.05) is 30.3 Å². The molecule has 1 aromatic heterocycles. The first-order chi connectivity index (χ1) is 17.6. The molecule has 0 radical (unpaired) electrons. The maximum Gasteiger partial charge on any atom is 0.248 e. The van der Waals surface area contributed by atoms with E-state index in [0.717, 1.165) is 43.0 Å². The normalized spacial score (nSPS) is 27.9. The fourth-order valence-electron chi connectivity index (χ4n) is 7.61. The van der Waals surface area contributed by atoms with Gasteiger partial charge in [-0.05, 0) is 69.9 Å². The molecule has 3 atom stereocenters. The van der Waals surface area contributed by atoms with Gasteiger partial charge in [0, 0.05) is 36.9 Å². The summed E-state index contributed by atoms with van der Waals surface area (Å²) in [7, 11) is 0. The molecule has 1 saturated carbocycles. The summed E-state index contributed by atoms with van der Waals surface area (Å²) in [6.45, 7) is 7.24. The zero-order chi connectivity index (χ0) is 26.4. The van der Waals surface area contributed by atoms with Crippen LogP contribution in [0.15, 0.2) is 30.3 Å². The van der Waals surface area contributed by atoms with Crippen molar-refractivity contribution >= 4 is 5.91 Å². The Hall–Kier alpha value is -2.35. The van der Waals surface area contributed by atoms with E-state index in [4.69, 9.17) is 5.73 Å². The van der Waals surface area contributed by atoms with Crippen LogP contribution < -0.4 is 5.73 Å². The van der Waals surface area contributed by atoms with E-state index in [1.54, 1.807) is 0 Å². The van der Waals surface area contributed by atoms with Crippen molar-refractivity contribution in [1.82, 2.24) is 19.7 Å². The van der Waals surface area contributed by atoms with E-state index in [2.05, 4.69) is 40.4 Å². The van der Waals surface area contributed by atoms with E-state index < -0.39 is 17.2 Å². The third-order valence-corrected chi connectivity index (χ3v) is 9.54. The number of nitrogens with two attached hydrogens (primary N) is 1. The second kappa shape index (κ2) is 10.1. The summed E-state index contributed by atoms with van der Waals surface area (Å²) < 4.78 is 30.7. The van der Waals surface area contributed by atoms with E-state index in [1.165, 1.54) is 12.8 Å². The molecule has 3 fully saturated rings. The Kier molecular flexibility index (Phi) is 7.16. The van der Waals surface area contributed by atoms with Crippen molar-refractivity contribution in [1.29, 1.82) is 0 Å². The molecule has 2 aliphatic heterocycles. The summed E-state index contributed by atoms with van der Waals surface area (Å²) in [5.41, 5.74) is 6.13.